The lowest BCUT2D eigenvalue weighted by Crippen LogP contribution is -2.18. The topological polar surface area (TPSA) is 115 Å². The molecule has 2 aliphatic carbocycles. The highest BCUT2D eigenvalue weighted by Gasteiger charge is 2.44. The second-order valence-electron chi connectivity index (χ2n) is 15.5. The maximum absolute atomic E-state index is 12.9. The lowest BCUT2D eigenvalue weighted by molar-refractivity contribution is 0.0725. The van der Waals surface area contributed by atoms with Gasteiger partial charge in [-0.1, -0.05) is 12.1 Å². The minimum atomic E-state index is -0.459. The number of epoxide rings is 2. The fourth-order valence-corrected chi connectivity index (χ4v) is 7.80. The first-order chi connectivity index (χ1) is 27.5. The lowest BCUT2D eigenvalue weighted by Gasteiger charge is -2.18. The van der Waals surface area contributed by atoms with Gasteiger partial charge in [0.1, 0.15) is 23.0 Å². The van der Waals surface area contributed by atoms with Crippen LogP contribution in [0.15, 0.2) is 84.9 Å². The van der Waals surface area contributed by atoms with E-state index in [4.69, 9.17) is 37.9 Å². The van der Waals surface area contributed by atoms with Gasteiger partial charge >= 0.3 is 11.9 Å². The van der Waals surface area contributed by atoms with Gasteiger partial charge in [-0.25, -0.2) is 9.59 Å². The van der Waals surface area contributed by atoms with Gasteiger partial charge in [0, 0.05) is 26.4 Å². The molecule has 4 aromatic rings. The Morgan fingerprint density at radius 1 is 0.482 bits per heavy atom. The summed E-state index contributed by atoms with van der Waals surface area (Å²) in [6.45, 7) is 4.31. The van der Waals surface area contributed by atoms with Crippen LogP contribution in [-0.2, 0) is 18.9 Å². The van der Waals surface area contributed by atoms with Crippen LogP contribution in [0.2, 0.25) is 0 Å². The highest BCUT2D eigenvalue weighted by atomic mass is 16.6. The molecule has 4 aromatic carbocycles. The van der Waals surface area contributed by atoms with Crippen LogP contribution >= 0.6 is 0 Å². The van der Waals surface area contributed by atoms with Gasteiger partial charge in [-0.15, -0.1) is 0 Å². The van der Waals surface area contributed by atoms with E-state index in [-0.39, 0.29) is 0 Å². The van der Waals surface area contributed by atoms with Crippen LogP contribution in [0.5, 0.6) is 23.0 Å². The fraction of sp³-hybridized carbons (Fsp3) is 0.478. The molecule has 2 saturated heterocycles. The van der Waals surface area contributed by atoms with Crippen LogP contribution in [0.4, 0.5) is 0 Å². The molecular formula is C46H52O10. The summed E-state index contributed by atoms with van der Waals surface area (Å²) < 4.78 is 46.0. The molecule has 6 unspecified atom stereocenters. The Balaban J connectivity index is 0.708. The van der Waals surface area contributed by atoms with Crippen LogP contribution in [0.25, 0.3) is 10.8 Å². The standard InChI is InChI=1S/C46H52O10/c47-45(33-7-13-37(14-8-33)51-23-3-1-21-49-29-31-5-19-41-43(25-31)55-41)53-39-17-11-36-28-40(18-12-35(36)27-39)54-46(48)34-9-15-38(16-10-34)52-24-4-2-22-50-30-32-6-20-42-44(26-32)56-42/h7-18,27-28,31-32,41-44H,1-6,19-26,29-30H2. The van der Waals surface area contributed by atoms with Gasteiger partial charge in [0.2, 0.25) is 0 Å². The molecule has 8 rings (SSSR count). The number of carbonyl (C=O) groups is 2. The predicted molar refractivity (Wildman–Crippen MR) is 210 cm³/mol. The van der Waals surface area contributed by atoms with Crippen LogP contribution < -0.4 is 18.9 Å². The second-order valence-corrected chi connectivity index (χ2v) is 15.5. The number of fused-ring (bicyclic) bond motifs is 3. The largest absolute Gasteiger partial charge is 0.494 e. The van der Waals surface area contributed by atoms with Crippen LogP contribution in [0, 0.1) is 11.8 Å². The zero-order valence-electron chi connectivity index (χ0n) is 31.9. The highest BCUT2D eigenvalue weighted by molar-refractivity contribution is 5.94. The Morgan fingerprint density at radius 2 is 0.893 bits per heavy atom. The van der Waals surface area contributed by atoms with Crippen molar-refractivity contribution in [2.24, 2.45) is 11.8 Å². The normalized spacial score (nSPS) is 23.4. The molecule has 10 nitrogen and oxygen atoms in total. The molecule has 6 atom stereocenters. The molecule has 0 spiro atoms. The van der Waals surface area contributed by atoms with Crippen molar-refractivity contribution in [1.29, 1.82) is 0 Å². The molecule has 296 valence electrons. The number of unbranched alkanes of at least 4 members (excludes halogenated alkanes) is 2. The SMILES string of the molecule is O=C(Oc1ccc2cc(OC(=O)c3ccc(OCCCCOCC4CCC5OC5C4)cc3)ccc2c1)c1ccc(OCCCCOCC2CCC3OC3C2)cc1. The maximum atomic E-state index is 12.9. The Kier molecular flexibility index (Phi) is 12.8. The number of hydrogen-bond acceptors (Lipinski definition) is 10. The van der Waals surface area contributed by atoms with Gasteiger partial charge in [-0.2, -0.15) is 0 Å². The van der Waals surface area contributed by atoms with E-state index in [9.17, 15) is 9.59 Å². The van der Waals surface area contributed by atoms with Crippen molar-refractivity contribution >= 4 is 22.7 Å². The molecule has 0 amide bonds. The van der Waals surface area contributed by atoms with E-state index < -0.39 is 11.9 Å². The van der Waals surface area contributed by atoms with Crippen molar-refractivity contribution in [3.63, 3.8) is 0 Å². The molecule has 0 radical (unpaired) electrons. The van der Waals surface area contributed by atoms with Gasteiger partial charge in [0.05, 0.1) is 48.8 Å². The van der Waals surface area contributed by atoms with E-state index in [1.165, 1.54) is 25.7 Å². The number of carbonyl (C=O) groups excluding carboxylic acids is 2. The third-order valence-corrected chi connectivity index (χ3v) is 11.2. The smallest absolute Gasteiger partial charge is 0.343 e. The summed E-state index contributed by atoms with van der Waals surface area (Å²) >= 11 is 0. The maximum Gasteiger partial charge on any atom is 0.343 e. The first-order valence-corrected chi connectivity index (χ1v) is 20.4. The van der Waals surface area contributed by atoms with Gasteiger partial charge in [-0.3, -0.25) is 0 Å². The predicted octanol–water partition coefficient (Wildman–Crippen LogP) is 8.76. The molecule has 2 aliphatic heterocycles. The summed E-state index contributed by atoms with van der Waals surface area (Å²) in [5.74, 6) is 2.60. The monoisotopic (exact) mass is 764 g/mol. The van der Waals surface area contributed by atoms with Crippen LogP contribution in [0.1, 0.15) is 84.9 Å². The molecule has 2 heterocycles. The average molecular weight is 765 g/mol. The molecule has 4 aliphatic rings. The minimum absolute atomic E-state index is 0.417. The quantitative estimate of drug-likeness (QED) is 0.0375. The molecule has 2 saturated carbocycles. The van der Waals surface area contributed by atoms with Gasteiger partial charge in [-0.05, 0) is 160 Å². The number of benzene rings is 4. The van der Waals surface area contributed by atoms with Crippen LogP contribution in [-0.4, -0.2) is 76.0 Å². The summed E-state index contributed by atoms with van der Waals surface area (Å²) in [4.78, 5) is 25.8. The van der Waals surface area contributed by atoms with Crippen molar-refractivity contribution < 1.29 is 47.5 Å². The highest BCUT2D eigenvalue weighted by Crippen LogP contribution is 2.40. The summed E-state index contributed by atoms with van der Waals surface area (Å²) in [6, 6.07) is 24.6. The third-order valence-electron chi connectivity index (χ3n) is 11.2. The summed E-state index contributed by atoms with van der Waals surface area (Å²) in [6.07, 6.45) is 12.8. The number of rotatable bonds is 20. The van der Waals surface area contributed by atoms with Crippen molar-refractivity contribution in [2.45, 2.75) is 88.6 Å². The summed E-state index contributed by atoms with van der Waals surface area (Å²) in [5, 5.41) is 1.68. The number of ether oxygens (including phenoxy) is 8. The van der Waals surface area contributed by atoms with Crippen molar-refractivity contribution in [3.8, 4) is 23.0 Å². The molecule has 0 N–H and O–H groups in total. The van der Waals surface area contributed by atoms with Gasteiger partial charge in [0.15, 0.2) is 0 Å². The van der Waals surface area contributed by atoms with Gasteiger partial charge < -0.3 is 37.9 Å². The van der Waals surface area contributed by atoms with E-state index in [1.54, 1.807) is 72.8 Å². The minimum Gasteiger partial charge on any atom is -0.494 e. The zero-order chi connectivity index (χ0) is 38.1. The fourth-order valence-electron chi connectivity index (χ4n) is 7.80. The average Bonchev–Trinajstić information content (AvgIpc) is 4.16. The number of esters is 2. The van der Waals surface area contributed by atoms with Crippen LogP contribution in [0.3, 0.4) is 0 Å². The van der Waals surface area contributed by atoms with Gasteiger partial charge in [0.25, 0.3) is 0 Å². The second kappa shape index (κ2) is 18.6. The molecule has 10 heteroatoms. The van der Waals surface area contributed by atoms with Crippen molar-refractivity contribution in [3.05, 3.63) is 96.1 Å². The summed E-state index contributed by atoms with van der Waals surface area (Å²) in [5.41, 5.74) is 0.854. The van der Waals surface area contributed by atoms with E-state index in [0.717, 1.165) is 75.7 Å². The summed E-state index contributed by atoms with van der Waals surface area (Å²) in [7, 11) is 0. The lowest BCUT2D eigenvalue weighted by atomic mass is 9.90. The van der Waals surface area contributed by atoms with Crippen molar-refractivity contribution in [2.75, 3.05) is 39.6 Å². The Morgan fingerprint density at radius 3 is 1.32 bits per heavy atom. The zero-order valence-corrected chi connectivity index (χ0v) is 31.9. The van der Waals surface area contributed by atoms with E-state index >= 15 is 0 Å². The molecule has 4 fully saturated rings. The molecule has 0 bridgehead atoms. The first-order valence-electron chi connectivity index (χ1n) is 20.4. The molecular weight excluding hydrogens is 712 g/mol. The third kappa shape index (κ3) is 10.9. The Labute approximate surface area is 328 Å². The van der Waals surface area contributed by atoms with E-state index in [1.807, 2.05) is 12.1 Å². The number of hydrogen-bond donors (Lipinski definition) is 0. The van der Waals surface area contributed by atoms with Crippen molar-refractivity contribution in [1.82, 2.24) is 0 Å². The first kappa shape index (κ1) is 38.4. The van der Waals surface area contributed by atoms with E-state index in [0.29, 0.717) is 83.6 Å². The van der Waals surface area contributed by atoms with E-state index in [2.05, 4.69) is 0 Å². The molecule has 56 heavy (non-hydrogen) atoms. The molecule has 0 aromatic heterocycles. The Hall–Kier alpha value is -4.48. The Bertz CT molecular complexity index is 1770.